The Morgan fingerprint density at radius 1 is 1.00 bits per heavy atom. The highest BCUT2D eigenvalue weighted by atomic mass is 16.2. The lowest BCUT2D eigenvalue weighted by Crippen LogP contribution is -2.50. The summed E-state index contributed by atoms with van der Waals surface area (Å²) in [6.07, 6.45) is 2.90. The van der Waals surface area contributed by atoms with Crippen LogP contribution >= 0.6 is 0 Å². The summed E-state index contributed by atoms with van der Waals surface area (Å²) in [4.78, 5) is 25.0. The molecular weight excluding hydrogens is 396 g/mol. The Morgan fingerprint density at radius 3 is 2.59 bits per heavy atom. The van der Waals surface area contributed by atoms with Crippen molar-refractivity contribution in [2.24, 2.45) is 0 Å². The number of imidazole rings is 1. The number of piperazine rings is 1. The van der Waals surface area contributed by atoms with Gasteiger partial charge in [0.05, 0.1) is 11.9 Å². The van der Waals surface area contributed by atoms with E-state index in [0.717, 1.165) is 49.7 Å². The third-order valence-corrected chi connectivity index (χ3v) is 6.40. The number of nitrogens with one attached hydrogen (secondary N) is 1. The summed E-state index contributed by atoms with van der Waals surface area (Å²) in [5, 5.41) is 2.43. The third kappa shape index (κ3) is 4.30. The van der Waals surface area contributed by atoms with Crippen LogP contribution in [0.25, 0.3) is 22.0 Å². The summed E-state index contributed by atoms with van der Waals surface area (Å²) in [5.74, 6) is 0.953. The normalized spacial score (nSPS) is 17.0. The number of carbonyl (C=O) groups excluding carboxylic acids is 1. The molecule has 1 aliphatic heterocycles. The second-order valence-corrected chi connectivity index (χ2v) is 8.51. The standard InChI is InChI=1S/C27H28N4O/c1-20(32)31-16-15-30(14-13-21-7-3-2-4-8-21)19-26(31)27-28-18-25(29-27)24-12-11-22-9-5-6-10-23(22)17-24/h2-12,17-18,26H,13-16,19H2,1H3,(H,28,29). The van der Waals surface area contributed by atoms with Crippen molar-refractivity contribution in [2.45, 2.75) is 19.4 Å². The van der Waals surface area contributed by atoms with Crippen LogP contribution in [0, 0.1) is 0 Å². The van der Waals surface area contributed by atoms with Gasteiger partial charge < -0.3 is 9.88 Å². The summed E-state index contributed by atoms with van der Waals surface area (Å²) >= 11 is 0. The molecule has 5 heteroatoms. The lowest BCUT2D eigenvalue weighted by molar-refractivity contribution is -0.134. The van der Waals surface area contributed by atoms with Crippen molar-refractivity contribution in [3.8, 4) is 11.3 Å². The largest absolute Gasteiger partial charge is 0.340 e. The summed E-state index contributed by atoms with van der Waals surface area (Å²) in [6, 6.07) is 25.3. The number of amides is 1. The topological polar surface area (TPSA) is 52.2 Å². The monoisotopic (exact) mass is 424 g/mol. The maximum absolute atomic E-state index is 12.4. The third-order valence-electron chi connectivity index (χ3n) is 6.40. The predicted molar refractivity (Wildman–Crippen MR) is 128 cm³/mol. The molecule has 3 aromatic carbocycles. The van der Waals surface area contributed by atoms with E-state index in [4.69, 9.17) is 4.98 Å². The van der Waals surface area contributed by atoms with Crippen LogP contribution in [0.2, 0.25) is 0 Å². The molecule has 0 radical (unpaired) electrons. The molecule has 1 N–H and O–H groups in total. The van der Waals surface area contributed by atoms with Gasteiger partial charge in [0.2, 0.25) is 5.91 Å². The first kappa shape index (κ1) is 20.5. The molecule has 0 bridgehead atoms. The average Bonchev–Trinajstić information content (AvgIpc) is 3.33. The number of hydrogen-bond acceptors (Lipinski definition) is 3. The molecule has 1 saturated heterocycles. The van der Waals surface area contributed by atoms with Crippen molar-refractivity contribution in [3.63, 3.8) is 0 Å². The lowest BCUT2D eigenvalue weighted by atomic mass is 10.1. The Morgan fingerprint density at radius 2 is 1.78 bits per heavy atom. The Labute approximate surface area is 188 Å². The molecule has 0 aliphatic carbocycles. The minimum atomic E-state index is -0.0637. The van der Waals surface area contributed by atoms with Gasteiger partial charge in [0, 0.05) is 38.7 Å². The fourth-order valence-corrected chi connectivity index (χ4v) is 4.59. The quantitative estimate of drug-likeness (QED) is 0.506. The number of H-pyrrole nitrogens is 1. The van der Waals surface area contributed by atoms with Crippen molar-refractivity contribution >= 4 is 16.7 Å². The molecule has 5 nitrogen and oxygen atoms in total. The van der Waals surface area contributed by atoms with Crippen LogP contribution in [0.15, 0.2) is 79.0 Å². The number of rotatable bonds is 5. The highest BCUT2D eigenvalue weighted by Crippen LogP contribution is 2.28. The second-order valence-electron chi connectivity index (χ2n) is 8.51. The maximum Gasteiger partial charge on any atom is 0.220 e. The van der Waals surface area contributed by atoms with Crippen LogP contribution in [0.4, 0.5) is 0 Å². The second kappa shape index (κ2) is 8.97. The SMILES string of the molecule is CC(=O)N1CCN(CCc2ccccc2)CC1c1ncc(-c2ccc3ccccc3c2)[nH]1. The van der Waals surface area contributed by atoms with Crippen LogP contribution in [0.3, 0.4) is 0 Å². The fourth-order valence-electron chi connectivity index (χ4n) is 4.59. The van der Waals surface area contributed by atoms with Gasteiger partial charge in [0.1, 0.15) is 11.9 Å². The molecule has 162 valence electrons. The van der Waals surface area contributed by atoms with Gasteiger partial charge in [0.25, 0.3) is 0 Å². The molecule has 1 fully saturated rings. The zero-order valence-electron chi connectivity index (χ0n) is 18.4. The zero-order chi connectivity index (χ0) is 21.9. The van der Waals surface area contributed by atoms with Crippen LogP contribution in [-0.2, 0) is 11.2 Å². The molecule has 2 heterocycles. The molecule has 1 atom stereocenters. The van der Waals surface area contributed by atoms with E-state index < -0.39 is 0 Å². The van der Waals surface area contributed by atoms with Gasteiger partial charge in [-0.05, 0) is 28.8 Å². The Hall–Kier alpha value is -3.44. The Kier molecular flexibility index (Phi) is 5.73. The van der Waals surface area contributed by atoms with Crippen LogP contribution in [0.1, 0.15) is 24.4 Å². The van der Waals surface area contributed by atoms with Gasteiger partial charge in [-0.2, -0.15) is 0 Å². The number of hydrogen-bond donors (Lipinski definition) is 1. The number of carbonyl (C=O) groups is 1. The highest BCUT2D eigenvalue weighted by Gasteiger charge is 2.31. The van der Waals surface area contributed by atoms with Crippen molar-refractivity contribution in [2.75, 3.05) is 26.2 Å². The molecular formula is C27H28N4O. The van der Waals surface area contributed by atoms with Crippen LogP contribution in [0.5, 0.6) is 0 Å². The zero-order valence-corrected chi connectivity index (χ0v) is 18.4. The summed E-state index contributed by atoms with van der Waals surface area (Å²) in [5.41, 5.74) is 3.43. The maximum atomic E-state index is 12.4. The van der Waals surface area contributed by atoms with Crippen molar-refractivity contribution in [1.82, 2.24) is 19.8 Å². The van der Waals surface area contributed by atoms with Crippen LogP contribution < -0.4 is 0 Å². The number of aromatic nitrogens is 2. The number of aromatic amines is 1. The van der Waals surface area contributed by atoms with Crippen LogP contribution in [-0.4, -0.2) is 51.9 Å². The lowest BCUT2D eigenvalue weighted by Gasteiger charge is -2.40. The molecule has 1 unspecified atom stereocenters. The molecule has 1 aromatic heterocycles. The minimum Gasteiger partial charge on any atom is -0.340 e. The van der Waals surface area contributed by atoms with E-state index >= 15 is 0 Å². The van der Waals surface area contributed by atoms with Gasteiger partial charge in [-0.3, -0.25) is 9.69 Å². The summed E-state index contributed by atoms with van der Waals surface area (Å²) < 4.78 is 0. The smallest absolute Gasteiger partial charge is 0.220 e. The van der Waals surface area contributed by atoms with E-state index in [0.29, 0.717) is 0 Å². The van der Waals surface area contributed by atoms with Gasteiger partial charge in [0.15, 0.2) is 0 Å². The first-order valence-electron chi connectivity index (χ1n) is 11.2. The molecule has 1 amide bonds. The molecule has 32 heavy (non-hydrogen) atoms. The Balaban J connectivity index is 1.35. The Bertz CT molecular complexity index is 1220. The van der Waals surface area contributed by atoms with E-state index in [9.17, 15) is 4.79 Å². The number of benzene rings is 3. The predicted octanol–water partition coefficient (Wildman–Crippen LogP) is 4.68. The van der Waals surface area contributed by atoms with Gasteiger partial charge in [-0.15, -0.1) is 0 Å². The fraction of sp³-hybridized carbons (Fsp3) is 0.259. The van der Waals surface area contributed by atoms with Gasteiger partial charge in [-0.1, -0.05) is 66.7 Å². The molecule has 0 saturated carbocycles. The molecule has 4 aromatic rings. The van der Waals surface area contributed by atoms with Crippen molar-refractivity contribution < 1.29 is 4.79 Å². The summed E-state index contributed by atoms with van der Waals surface area (Å²) in [7, 11) is 0. The summed E-state index contributed by atoms with van der Waals surface area (Å²) in [6.45, 7) is 5.03. The van der Waals surface area contributed by atoms with E-state index in [1.807, 2.05) is 11.1 Å². The van der Waals surface area contributed by atoms with E-state index in [-0.39, 0.29) is 11.9 Å². The molecule has 5 rings (SSSR count). The van der Waals surface area contributed by atoms with E-state index in [2.05, 4.69) is 82.7 Å². The average molecular weight is 425 g/mol. The van der Waals surface area contributed by atoms with E-state index in [1.54, 1.807) is 6.92 Å². The van der Waals surface area contributed by atoms with E-state index in [1.165, 1.54) is 16.3 Å². The van der Waals surface area contributed by atoms with Crippen molar-refractivity contribution in [1.29, 1.82) is 0 Å². The first-order chi connectivity index (χ1) is 15.7. The minimum absolute atomic E-state index is 0.0637. The highest BCUT2D eigenvalue weighted by molar-refractivity contribution is 5.86. The number of fused-ring (bicyclic) bond motifs is 1. The molecule has 1 aliphatic rings. The van der Waals surface area contributed by atoms with Gasteiger partial charge >= 0.3 is 0 Å². The van der Waals surface area contributed by atoms with Crippen molar-refractivity contribution in [3.05, 3.63) is 90.4 Å². The first-order valence-corrected chi connectivity index (χ1v) is 11.2. The molecule has 0 spiro atoms. The van der Waals surface area contributed by atoms with Gasteiger partial charge in [-0.25, -0.2) is 4.98 Å². The number of nitrogens with zero attached hydrogens (tertiary/aromatic N) is 3.